The Bertz CT molecular complexity index is 919. The van der Waals surface area contributed by atoms with Gasteiger partial charge in [-0.2, -0.15) is 0 Å². The summed E-state index contributed by atoms with van der Waals surface area (Å²) < 4.78 is 5.52. The molecule has 24 heavy (non-hydrogen) atoms. The molecule has 122 valence electrons. The zero-order valence-corrected chi connectivity index (χ0v) is 13.5. The molecule has 2 aromatic carbocycles. The summed E-state index contributed by atoms with van der Waals surface area (Å²) in [6.07, 6.45) is 0. The Morgan fingerprint density at radius 3 is 2.67 bits per heavy atom. The van der Waals surface area contributed by atoms with Crippen LogP contribution in [-0.4, -0.2) is 24.0 Å². The summed E-state index contributed by atoms with van der Waals surface area (Å²) in [6.45, 7) is 0.636. The number of para-hydroxylation sites is 1. The Hall–Kier alpha value is -2.79. The normalized spacial score (nSPS) is 10.5. The van der Waals surface area contributed by atoms with Crippen molar-refractivity contribution in [1.82, 2.24) is 10.3 Å². The second kappa shape index (κ2) is 7.19. The summed E-state index contributed by atoms with van der Waals surface area (Å²) in [7, 11) is 0. The number of ether oxygens (including phenoxy) is 1. The first-order chi connectivity index (χ1) is 11.6. The van der Waals surface area contributed by atoms with Gasteiger partial charge >= 0.3 is 0 Å². The summed E-state index contributed by atoms with van der Waals surface area (Å²) in [6, 6.07) is 15.5. The van der Waals surface area contributed by atoms with Gasteiger partial charge in [-0.3, -0.25) is 9.59 Å². The first-order valence-corrected chi connectivity index (χ1v) is 7.80. The number of carbonyl (C=O) groups excluding carboxylic acids is 1. The van der Waals surface area contributed by atoms with Gasteiger partial charge in [-0.05, 0) is 30.3 Å². The van der Waals surface area contributed by atoms with Gasteiger partial charge in [0.1, 0.15) is 12.4 Å². The van der Waals surface area contributed by atoms with Crippen LogP contribution in [0.3, 0.4) is 0 Å². The Morgan fingerprint density at radius 1 is 1.12 bits per heavy atom. The fraction of sp³-hybridized carbons (Fsp3) is 0.111. The van der Waals surface area contributed by atoms with Crippen LogP contribution in [0.2, 0.25) is 5.02 Å². The van der Waals surface area contributed by atoms with E-state index in [4.69, 9.17) is 16.3 Å². The van der Waals surface area contributed by atoms with Crippen molar-refractivity contribution in [3.63, 3.8) is 0 Å². The zero-order valence-electron chi connectivity index (χ0n) is 12.7. The molecule has 1 heterocycles. The molecule has 3 rings (SSSR count). The van der Waals surface area contributed by atoms with E-state index in [-0.39, 0.29) is 11.5 Å². The van der Waals surface area contributed by atoms with E-state index in [1.54, 1.807) is 42.5 Å². The predicted molar refractivity (Wildman–Crippen MR) is 93.8 cm³/mol. The number of halogens is 1. The maximum absolute atomic E-state index is 12.3. The SMILES string of the molecule is O=C(NCCOc1ccc(Cl)cc1)c1cc(=O)[nH]c2ccccc12. The van der Waals surface area contributed by atoms with Crippen molar-refractivity contribution in [2.45, 2.75) is 0 Å². The van der Waals surface area contributed by atoms with E-state index in [0.717, 1.165) is 0 Å². The number of carbonyl (C=O) groups is 1. The number of aromatic amines is 1. The smallest absolute Gasteiger partial charge is 0.252 e. The van der Waals surface area contributed by atoms with Gasteiger partial charge in [0.05, 0.1) is 12.1 Å². The zero-order chi connectivity index (χ0) is 16.9. The monoisotopic (exact) mass is 342 g/mol. The number of hydrogen-bond donors (Lipinski definition) is 2. The molecule has 5 nitrogen and oxygen atoms in total. The number of nitrogens with one attached hydrogen (secondary N) is 2. The first kappa shape index (κ1) is 16.1. The standard InChI is InChI=1S/C18H15ClN2O3/c19-12-5-7-13(8-6-12)24-10-9-20-18(23)15-11-17(22)21-16-4-2-1-3-14(15)16/h1-8,11H,9-10H2,(H,20,23)(H,21,22). The van der Waals surface area contributed by atoms with Crippen LogP contribution >= 0.6 is 11.6 Å². The minimum absolute atomic E-state index is 0.308. The van der Waals surface area contributed by atoms with Gasteiger partial charge in [-0.15, -0.1) is 0 Å². The molecule has 0 aliphatic heterocycles. The van der Waals surface area contributed by atoms with E-state index in [2.05, 4.69) is 10.3 Å². The largest absolute Gasteiger partial charge is 0.492 e. The van der Waals surface area contributed by atoms with Gasteiger partial charge in [0.25, 0.3) is 5.91 Å². The van der Waals surface area contributed by atoms with Crippen molar-refractivity contribution >= 4 is 28.4 Å². The van der Waals surface area contributed by atoms with Crippen molar-refractivity contribution in [3.05, 3.63) is 75.5 Å². The van der Waals surface area contributed by atoms with E-state index in [9.17, 15) is 9.59 Å². The maximum Gasteiger partial charge on any atom is 0.252 e. The van der Waals surface area contributed by atoms with Crippen LogP contribution < -0.4 is 15.6 Å². The molecule has 0 bridgehead atoms. The number of benzene rings is 2. The molecule has 0 unspecified atom stereocenters. The molecule has 0 aliphatic carbocycles. The minimum Gasteiger partial charge on any atom is -0.492 e. The van der Waals surface area contributed by atoms with Crippen LogP contribution in [0.1, 0.15) is 10.4 Å². The molecular weight excluding hydrogens is 328 g/mol. The predicted octanol–water partition coefficient (Wildman–Crippen LogP) is 2.99. The molecule has 3 aromatic rings. The van der Waals surface area contributed by atoms with Crippen molar-refractivity contribution in [1.29, 1.82) is 0 Å². The topological polar surface area (TPSA) is 71.2 Å². The molecular formula is C18H15ClN2O3. The van der Waals surface area contributed by atoms with Crippen LogP contribution in [0.15, 0.2) is 59.4 Å². The molecule has 1 amide bonds. The van der Waals surface area contributed by atoms with Gasteiger partial charge in [0.2, 0.25) is 5.56 Å². The summed E-state index contributed by atoms with van der Waals surface area (Å²) in [5, 5.41) is 4.10. The third-order valence-electron chi connectivity index (χ3n) is 3.47. The number of rotatable bonds is 5. The van der Waals surface area contributed by atoms with Gasteiger partial charge < -0.3 is 15.0 Å². The molecule has 0 aliphatic rings. The average Bonchev–Trinajstić information content (AvgIpc) is 2.59. The van der Waals surface area contributed by atoms with Gasteiger partial charge in [0.15, 0.2) is 0 Å². The number of H-pyrrole nitrogens is 1. The molecule has 0 fully saturated rings. The molecule has 0 radical (unpaired) electrons. The summed E-state index contributed by atoms with van der Waals surface area (Å²) in [5.41, 5.74) is 0.671. The minimum atomic E-state index is -0.309. The van der Waals surface area contributed by atoms with E-state index in [1.807, 2.05) is 6.07 Å². The molecule has 0 saturated heterocycles. The summed E-state index contributed by atoms with van der Waals surface area (Å²) in [4.78, 5) is 26.7. The van der Waals surface area contributed by atoms with Crippen molar-refractivity contribution in [2.75, 3.05) is 13.2 Å². The number of hydrogen-bond acceptors (Lipinski definition) is 3. The van der Waals surface area contributed by atoms with E-state index in [1.165, 1.54) is 6.07 Å². The second-order valence-electron chi connectivity index (χ2n) is 5.15. The summed E-state index contributed by atoms with van der Waals surface area (Å²) >= 11 is 5.80. The van der Waals surface area contributed by atoms with Crippen LogP contribution in [0.25, 0.3) is 10.9 Å². The Labute approximate surface area is 143 Å². The molecule has 2 N–H and O–H groups in total. The van der Waals surface area contributed by atoms with Gasteiger partial charge in [-0.1, -0.05) is 29.8 Å². The Balaban J connectivity index is 1.63. The van der Waals surface area contributed by atoms with Crippen LogP contribution in [0, 0.1) is 0 Å². The highest BCUT2D eigenvalue weighted by Gasteiger charge is 2.11. The van der Waals surface area contributed by atoms with E-state index in [0.29, 0.717) is 40.4 Å². The first-order valence-electron chi connectivity index (χ1n) is 7.42. The highest BCUT2D eigenvalue weighted by Crippen LogP contribution is 2.16. The second-order valence-corrected chi connectivity index (χ2v) is 5.59. The van der Waals surface area contributed by atoms with Crippen LogP contribution in [-0.2, 0) is 0 Å². The third kappa shape index (κ3) is 3.75. The Kier molecular flexibility index (Phi) is 4.82. The molecule has 0 saturated carbocycles. The number of aromatic nitrogens is 1. The highest BCUT2D eigenvalue weighted by atomic mass is 35.5. The average molecular weight is 343 g/mol. The van der Waals surface area contributed by atoms with Crippen molar-refractivity contribution < 1.29 is 9.53 Å². The lowest BCUT2D eigenvalue weighted by atomic mass is 10.1. The lowest BCUT2D eigenvalue weighted by molar-refractivity contribution is 0.0948. The van der Waals surface area contributed by atoms with Gasteiger partial charge in [0, 0.05) is 22.0 Å². The number of pyridine rings is 1. The molecule has 0 atom stereocenters. The van der Waals surface area contributed by atoms with Crippen molar-refractivity contribution in [2.24, 2.45) is 0 Å². The van der Waals surface area contributed by atoms with Crippen molar-refractivity contribution in [3.8, 4) is 5.75 Å². The summed E-state index contributed by atoms with van der Waals surface area (Å²) in [5.74, 6) is 0.368. The molecule has 0 spiro atoms. The third-order valence-corrected chi connectivity index (χ3v) is 3.72. The quantitative estimate of drug-likeness (QED) is 0.700. The lowest BCUT2D eigenvalue weighted by Crippen LogP contribution is -2.29. The molecule has 1 aromatic heterocycles. The Morgan fingerprint density at radius 2 is 1.88 bits per heavy atom. The number of fused-ring (bicyclic) bond motifs is 1. The van der Waals surface area contributed by atoms with E-state index >= 15 is 0 Å². The van der Waals surface area contributed by atoms with E-state index < -0.39 is 0 Å². The molecule has 6 heteroatoms. The fourth-order valence-corrected chi connectivity index (χ4v) is 2.48. The van der Waals surface area contributed by atoms with Crippen LogP contribution in [0.5, 0.6) is 5.75 Å². The highest BCUT2D eigenvalue weighted by molar-refractivity contribution is 6.30. The van der Waals surface area contributed by atoms with Crippen LogP contribution in [0.4, 0.5) is 0 Å². The number of amides is 1. The van der Waals surface area contributed by atoms with Gasteiger partial charge in [-0.25, -0.2) is 0 Å². The maximum atomic E-state index is 12.3. The lowest BCUT2D eigenvalue weighted by Gasteiger charge is -2.09. The fourth-order valence-electron chi connectivity index (χ4n) is 2.35.